The maximum Gasteiger partial charge on any atom is 0.257 e. The van der Waals surface area contributed by atoms with Crippen molar-refractivity contribution in [2.45, 2.75) is 63.5 Å². The second-order valence-electron chi connectivity index (χ2n) is 7.58. The number of benzene rings is 1. The van der Waals surface area contributed by atoms with Gasteiger partial charge in [0.25, 0.3) is 5.91 Å². The monoisotopic (exact) mass is 358 g/mol. The van der Waals surface area contributed by atoms with E-state index >= 15 is 0 Å². The molecule has 0 aromatic heterocycles. The minimum absolute atomic E-state index is 0.0190. The molecule has 26 heavy (non-hydrogen) atoms. The fourth-order valence-electron chi connectivity index (χ4n) is 4.20. The van der Waals surface area contributed by atoms with Crippen LogP contribution in [0.5, 0.6) is 0 Å². The Morgan fingerprint density at radius 1 is 1.00 bits per heavy atom. The van der Waals surface area contributed by atoms with Gasteiger partial charge in [0.15, 0.2) is 0 Å². The normalized spacial score (nSPS) is 24.2. The van der Waals surface area contributed by atoms with E-state index in [-0.39, 0.29) is 36.1 Å². The highest BCUT2D eigenvalue weighted by Crippen LogP contribution is 2.37. The third-order valence-corrected chi connectivity index (χ3v) is 5.69. The summed E-state index contributed by atoms with van der Waals surface area (Å²) in [5.41, 5.74) is 0.366. The first-order valence-corrected chi connectivity index (χ1v) is 9.51. The molecule has 0 bridgehead atoms. The Balaban J connectivity index is 1.57. The van der Waals surface area contributed by atoms with Crippen LogP contribution in [0.3, 0.4) is 0 Å². The van der Waals surface area contributed by atoms with E-state index in [0.29, 0.717) is 5.69 Å². The van der Waals surface area contributed by atoms with Gasteiger partial charge in [-0.1, -0.05) is 19.3 Å². The summed E-state index contributed by atoms with van der Waals surface area (Å²) in [5, 5.41) is 0. The van der Waals surface area contributed by atoms with Gasteiger partial charge < -0.3 is 4.90 Å². The second kappa shape index (κ2) is 6.82. The van der Waals surface area contributed by atoms with Gasteiger partial charge in [-0.15, -0.1) is 0 Å². The Bertz CT molecular complexity index is 723. The van der Waals surface area contributed by atoms with Crippen molar-refractivity contribution in [1.29, 1.82) is 0 Å². The Morgan fingerprint density at radius 2 is 1.65 bits per heavy atom. The minimum atomic E-state index is -0.713. The maximum atomic E-state index is 13.2. The first-order chi connectivity index (χ1) is 12.6. The van der Waals surface area contributed by atoms with Crippen LogP contribution < -0.4 is 4.90 Å². The zero-order valence-electron chi connectivity index (χ0n) is 14.7. The third-order valence-electron chi connectivity index (χ3n) is 5.69. The van der Waals surface area contributed by atoms with Gasteiger partial charge in [-0.05, 0) is 49.9 Å². The van der Waals surface area contributed by atoms with Gasteiger partial charge in [-0.3, -0.25) is 14.4 Å². The molecule has 2 saturated carbocycles. The average Bonchev–Trinajstić information content (AvgIpc) is 3.44. The molecule has 3 aliphatic rings. The first kappa shape index (κ1) is 17.2. The number of nitrogens with zero attached hydrogens (tertiary/aromatic N) is 2. The SMILES string of the molecule is O=C1CC(N(C(=O)C2CCCCC2)C2CC2)C(=O)N1c1ccc(F)cc1. The average molecular weight is 358 g/mol. The quantitative estimate of drug-likeness (QED) is 0.778. The van der Waals surface area contributed by atoms with E-state index in [4.69, 9.17) is 0 Å². The predicted octanol–water partition coefficient (Wildman–Crippen LogP) is 3.03. The molecule has 1 heterocycles. The molecule has 1 aromatic rings. The largest absolute Gasteiger partial charge is 0.327 e. The van der Waals surface area contributed by atoms with E-state index in [0.717, 1.165) is 49.8 Å². The summed E-state index contributed by atoms with van der Waals surface area (Å²) >= 11 is 0. The zero-order chi connectivity index (χ0) is 18.3. The molecule has 1 aliphatic heterocycles. The van der Waals surface area contributed by atoms with Gasteiger partial charge in [0.2, 0.25) is 11.8 Å². The zero-order valence-corrected chi connectivity index (χ0v) is 14.7. The van der Waals surface area contributed by atoms with Crippen LogP contribution in [0.2, 0.25) is 0 Å². The molecule has 4 rings (SSSR count). The Kier molecular flexibility index (Phi) is 4.51. The molecular weight excluding hydrogens is 335 g/mol. The number of halogens is 1. The van der Waals surface area contributed by atoms with Crippen LogP contribution in [0.4, 0.5) is 10.1 Å². The molecular formula is C20H23FN2O3. The number of imide groups is 1. The van der Waals surface area contributed by atoms with Crippen LogP contribution in [0.25, 0.3) is 0 Å². The summed E-state index contributed by atoms with van der Waals surface area (Å²) in [5.74, 6) is -1.09. The molecule has 1 unspecified atom stereocenters. The first-order valence-electron chi connectivity index (χ1n) is 9.51. The van der Waals surface area contributed by atoms with E-state index in [1.165, 1.54) is 24.3 Å². The molecule has 0 N–H and O–H groups in total. The van der Waals surface area contributed by atoms with Crippen LogP contribution in [-0.4, -0.2) is 34.7 Å². The topological polar surface area (TPSA) is 57.7 Å². The van der Waals surface area contributed by atoms with Crippen molar-refractivity contribution in [3.05, 3.63) is 30.1 Å². The van der Waals surface area contributed by atoms with E-state index < -0.39 is 11.9 Å². The number of anilines is 1. The molecule has 3 fully saturated rings. The standard InChI is InChI=1S/C20H23FN2O3/c21-14-6-8-16(9-7-14)23-18(24)12-17(20(23)26)22(15-10-11-15)19(25)13-4-2-1-3-5-13/h6-9,13,15,17H,1-5,10-12H2. The Morgan fingerprint density at radius 3 is 2.27 bits per heavy atom. The van der Waals surface area contributed by atoms with Crippen molar-refractivity contribution >= 4 is 23.4 Å². The van der Waals surface area contributed by atoms with E-state index in [1.807, 2.05) is 0 Å². The van der Waals surface area contributed by atoms with Crippen LogP contribution in [0.15, 0.2) is 24.3 Å². The van der Waals surface area contributed by atoms with Crippen molar-refractivity contribution in [3.63, 3.8) is 0 Å². The van der Waals surface area contributed by atoms with Crippen molar-refractivity contribution in [1.82, 2.24) is 4.90 Å². The third kappa shape index (κ3) is 3.13. The van der Waals surface area contributed by atoms with Crippen molar-refractivity contribution < 1.29 is 18.8 Å². The summed E-state index contributed by atoms with van der Waals surface area (Å²) in [7, 11) is 0. The van der Waals surface area contributed by atoms with E-state index in [1.54, 1.807) is 4.90 Å². The molecule has 1 aromatic carbocycles. The molecule has 0 radical (unpaired) electrons. The number of carbonyl (C=O) groups excluding carboxylic acids is 3. The lowest BCUT2D eigenvalue weighted by atomic mass is 9.88. The smallest absolute Gasteiger partial charge is 0.257 e. The fourth-order valence-corrected chi connectivity index (χ4v) is 4.20. The highest BCUT2D eigenvalue weighted by Gasteiger charge is 2.49. The lowest BCUT2D eigenvalue weighted by Gasteiger charge is -2.32. The van der Waals surface area contributed by atoms with E-state index in [9.17, 15) is 18.8 Å². The Labute approximate surface area is 152 Å². The van der Waals surface area contributed by atoms with Crippen molar-refractivity contribution in [2.75, 3.05) is 4.90 Å². The van der Waals surface area contributed by atoms with Gasteiger partial charge >= 0.3 is 0 Å². The van der Waals surface area contributed by atoms with Crippen LogP contribution in [-0.2, 0) is 14.4 Å². The van der Waals surface area contributed by atoms with E-state index in [2.05, 4.69) is 0 Å². The summed E-state index contributed by atoms with van der Waals surface area (Å²) in [4.78, 5) is 41.4. The Hall–Kier alpha value is -2.24. The lowest BCUT2D eigenvalue weighted by Crippen LogP contribution is -2.49. The highest BCUT2D eigenvalue weighted by molar-refractivity contribution is 6.23. The van der Waals surface area contributed by atoms with Gasteiger partial charge in [0, 0.05) is 12.0 Å². The van der Waals surface area contributed by atoms with Crippen molar-refractivity contribution in [3.8, 4) is 0 Å². The van der Waals surface area contributed by atoms with Gasteiger partial charge in [-0.25, -0.2) is 9.29 Å². The molecule has 3 amide bonds. The molecule has 6 heteroatoms. The molecule has 0 spiro atoms. The number of rotatable bonds is 4. The molecule has 1 saturated heterocycles. The summed E-state index contributed by atoms with van der Waals surface area (Å²) in [6.07, 6.45) is 6.82. The summed E-state index contributed by atoms with van der Waals surface area (Å²) in [6, 6.07) is 4.69. The van der Waals surface area contributed by atoms with Crippen LogP contribution in [0.1, 0.15) is 51.4 Å². The summed E-state index contributed by atoms with van der Waals surface area (Å²) in [6.45, 7) is 0. The number of carbonyl (C=O) groups is 3. The molecule has 2 aliphatic carbocycles. The number of amides is 3. The maximum absolute atomic E-state index is 13.2. The number of hydrogen-bond acceptors (Lipinski definition) is 3. The minimum Gasteiger partial charge on any atom is -0.327 e. The number of hydrogen-bond donors (Lipinski definition) is 0. The van der Waals surface area contributed by atoms with Gasteiger partial charge in [0.05, 0.1) is 12.1 Å². The van der Waals surface area contributed by atoms with Crippen LogP contribution >= 0.6 is 0 Å². The molecule has 138 valence electrons. The second-order valence-corrected chi connectivity index (χ2v) is 7.58. The van der Waals surface area contributed by atoms with Gasteiger partial charge in [0.1, 0.15) is 11.9 Å². The fraction of sp³-hybridized carbons (Fsp3) is 0.550. The molecule has 5 nitrogen and oxygen atoms in total. The summed E-state index contributed by atoms with van der Waals surface area (Å²) < 4.78 is 13.2. The molecule has 1 atom stereocenters. The van der Waals surface area contributed by atoms with Crippen LogP contribution in [0, 0.1) is 11.7 Å². The predicted molar refractivity (Wildman–Crippen MR) is 93.7 cm³/mol. The lowest BCUT2D eigenvalue weighted by molar-refractivity contribution is -0.143. The highest BCUT2D eigenvalue weighted by atomic mass is 19.1. The van der Waals surface area contributed by atoms with Gasteiger partial charge in [-0.2, -0.15) is 0 Å². The van der Waals surface area contributed by atoms with Crippen molar-refractivity contribution in [2.24, 2.45) is 5.92 Å².